The van der Waals surface area contributed by atoms with Crippen LogP contribution < -0.4 is 5.32 Å². The third kappa shape index (κ3) is 2.98. The van der Waals surface area contributed by atoms with Crippen molar-refractivity contribution in [3.63, 3.8) is 0 Å². The predicted octanol–water partition coefficient (Wildman–Crippen LogP) is 3.45. The Morgan fingerprint density at radius 3 is 2.88 bits per heavy atom. The maximum Gasteiger partial charge on any atom is 0.124 e. The number of hydrogen-bond acceptors (Lipinski definition) is 2. The molecule has 1 saturated carbocycles. The molecule has 3 heteroatoms. The van der Waals surface area contributed by atoms with Crippen LogP contribution in [-0.4, -0.2) is 18.3 Å². The van der Waals surface area contributed by atoms with Gasteiger partial charge in [-0.25, -0.2) is 4.39 Å². The van der Waals surface area contributed by atoms with Crippen LogP contribution in [0, 0.1) is 5.82 Å². The van der Waals surface area contributed by atoms with Crippen LogP contribution in [0.25, 0.3) is 0 Å². The third-order valence-electron chi connectivity index (χ3n) is 3.16. The zero-order chi connectivity index (χ0) is 11.4. The van der Waals surface area contributed by atoms with Crippen LogP contribution in [0.4, 0.5) is 4.39 Å². The Morgan fingerprint density at radius 2 is 2.12 bits per heavy atom. The number of halogens is 1. The fourth-order valence-electron chi connectivity index (χ4n) is 2.28. The quantitative estimate of drug-likeness (QED) is 0.867. The van der Waals surface area contributed by atoms with Gasteiger partial charge in [-0.3, -0.25) is 0 Å². The van der Waals surface area contributed by atoms with Crippen molar-refractivity contribution in [3.05, 3.63) is 30.1 Å². The Labute approximate surface area is 101 Å². The molecule has 1 aliphatic rings. The molecule has 1 nitrogen and oxygen atoms in total. The van der Waals surface area contributed by atoms with Gasteiger partial charge in [0.15, 0.2) is 0 Å². The van der Waals surface area contributed by atoms with E-state index >= 15 is 0 Å². The zero-order valence-corrected chi connectivity index (χ0v) is 10.4. The SMILES string of the molecule is CNC1CCCCC1Sc1cccc(F)c1. The predicted molar refractivity (Wildman–Crippen MR) is 67.4 cm³/mol. The Hall–Kier alpha value is -0.540. The maximum atomic E-state index is 13.1. The van der Waals surface area contributed by atoms with E-state index in [0.29, 0.717) is 11.3 Å². The van der Waals surface area contributed by atoms with Crippen LogP contribution in [0.15, 0.2) is 29.2 Å². The number of nitrogens with one attached hydrogen (secondary N) is 1. The Bertz CT molecular complexity index is 342. The average molecular weight is 239 g/mol. The molecule has 1 N–H and O–H groups in total. The molecule has 16 heavy (non-hydrogen) atoms. The second-order valence-electron chi connectivity index (χ2n) is 4.29. The summed E-state index contributed by atoms with van der Waals surface area (Å²) in [5, 5.41) is 3.96. The minimum atomic E-state index is -0.137. The summed E-state index contributed by atoms with van der Waals surface area (Å²) in [5.41, 5.74) is 0. The van der Waals surface area contributed by atoms with Crippen molar-refractivity contribution in [1.29, 1.82) is 0 Å². The standard InChI is InChI=1S/C13H18FNS/c1-15-12-7-2-3-8-13(12)16-11-6-4-5-10(14)9-11/h4-6,9,12-13,15H,2-3,7-8H2,1H3. The van der Waals surface area contributed by atoms with Crippen LogP contribution >= 0.6 is 11.8 Å². The summed E-state index contributed by atoms with van der Waals surface area (Å²) in [5.74, 6) is -0.137. The van der Waals surface area contributed by atoms with E-state index in [4.69, 9.17) is 0 Å². The molecule has 2 unspecified atom stereocenters. The van der Waals surface area contributed by atoms with E-state index in [1.807, 2.05) is 24.9 Å². The number of benzene rings is 1. The second-order valence-corrected chi connectivity index (χ2v) is 5.61. The molecule has 1 aliphatic carbocycles. The summed E-state index contributed by atoms with van der Waals surface area (Å²) in [6.07, 6.45) is 5.08. The molecule has 0 heterocycles. The zero-order valence-electron chi connectivity index (χ0n) is 9.58. The fourth-order valence-corrected chi connectivity index (χ4v) is 3.69. The number of rotatable bonds is 3. The van der Waals surface area contributed by atoms with Gasteiger partial charge < -0.3 is 5.32 Å². The lowest BCUT2D eigenvalue weighted by Gasteiger charge is -2.30. The fraction of sp³-hybridized carbons (Fsp3) is 0.538. The monoisotopic (exact) mass is 239 g/mol. The summed E-state index contributed by atoms with van der Waals surface area (Å²) in [4.78, 5) is 1.05. The molecule has 0 amide bonds. The van der Waals surface area contributed by atoms with E-state index < -0.39 is 0 Å². The summed E-state index contributed by atoms with van der Waals surface area (Å²) in [7, 11) is 2.02. The molecular weight excluding hydrogens is 221 g/mol. The van der Waals surface area contributed by atoms with Gasteiger partial charge in [-0.2, -0.15) is 0 Å². The van der Waals surface area contributed by atoms with Gasteiger partial charge in [0.2, 0.25) is 0 Å². The largest absolute Gasteiger partial charge is 0.316 e. The first-order chi connectivity index (χ1) is 7.79. The minimum Gasteiger partial charge on any atom is -0.316 e. The van der Waals surface area contributed by atoms with Gasteiger partial charge >= 0.3 is 0 Å². The molecule has 2 rings (SSSR count). The highest BCUT2D eigenvalue weighted by Crippen LogP contribution is 2.33. The molecule has 0 saturated heterocycles. The van der Waals surface area contributed by atoms with Crippen molar-refractivity contribution in [2.24, 2.45) is 0 Å². The van der Waals surface area contributed by atoms with Gasteiger partial charge in [-0.05, 0) is 38.1 Å². The lowest BCUT2D eigenvalue weighted by molar-refractivity contribution is 0.405. The highest BCUT2D eigenvalue weighted by atomic mass is 32.2. The molecule has 2 atom stereocenters. The van der Waals surface area contributed by atoms with Gasteiger partial charge in [-0.1, -0.05) is 18.9 Å². The van der Waals surface area contributed by atoms with Gasteiger partial charge in [0.1, 0.15) is 5.82 Å². The van der Waals surface area contributed by atoms with Gasteiger partial charge in [0.05, 0.1) is 0 Å². The first-order valence-electron chi connectivity index (χ1n) is 5.89. The summed E-state index contributed by atoms with van der Waals surface area (Å²) < 4.78 is 13.1. The van der Waals surface area contributed by atoms with E-state index in [2.05, 4.69) is 5.32 Å². The van der Waals surface area contributed by atoms with E-state index in [9.17, 15) is 4.39 Å². The van der Waals surface area contributed by atoms with Crippen LogP contribution in [-0.2, 0) is 0 Å². The van der Waals surface area contributed by atoms with Crippen LogP contribution in [0.5, 0.6) is 0 Å². The van der Waals surface area contributed by atoms with Crippen LogP contribution in [0.2, 0.25) is 0 Å². The Morgan fingerprint density at radius 1 is 1.31 bits per heavy atom. The molecular formula is C13H18FNS. The van der Waals surface area contributed by atoms with Crippen LogP contribution in [0.1, 0.15) is 25.7 Å². The van der Waals surface area contributed by atoms with Crippen molar-refractivity contribution in [2.75, 3.05) is 7.05 Å². The van der Waals surface area contributed by atoms with Crippen molar-refractivity contribution >= 4 is 11.8 Å². The molecule has 0 bridgehead atoms. The molecule has 0 spiro atoms. The first kappa shape index (κ1) is 11.9. The molecule has 1 aromatic rings. The van der Waals surface area contributed by atoms with E-state index in [1.54, 1.807) is 12.1 Å². The smallest absolute Gasteiger partial charge is 0.124 e. The lowest BCUT2D eigenvalue weighted by Crippen LogP contribution is -2.38. The van der Waals surface area contributed by atoms with Crippen molar-refractivity contribution in [2.45, 2.75) is 41.9 Å². The minimum absolute atomic E-state index is 0.137. The van der Waals surface area contributed by atoms with E-state index in [1.165, 1.54) is 31.7 Å². The van der Waals surface area contributed by atoms with Gasteiger partial charge in [0.25, 0.3) is 0 Å². The van der Waals surface area contributed by atoms with Crippen molar-refractivity contribution < 1.29 is 4.39 Å². The molecule has 0 aromatic heterocycles. The maximum absolute atomic E-state index is 13.1. The van der Waals surface area contributed by atoms with Gasteiger partial charge in [0, 0.05) is 16.2 Å². The van der Waals surface area contributed by atoms with Gasteiger partial charge in [-0.15, -0.1) is 11.8 Å². The number of hydrogen-bond donors (Lipinski definition) is 1. The highest BCUT2D eigenvalue weighted by Gasteiger charge is 2.24. The molecule has 1 aromatic carbocycles. The average Bonchev–Trinajstić information content (AvgIpc) is 2.30. The summed E-state index contributed by atoms with van der Waals surface area (Å²) in [6, 6.07) is 7.48. The van der Waals surface area contributed by atoms with Crippen LogP contribution in [0.3, 0.4) is 0 Å². The Balaban J connectivity index is 2.02. The normalized spacial score (nSPS) is 25.6. The van der Waals surface area contributed by atoms with Crippen molar-refractivity contribution in [3.8, 4) is 0 Å². The number of thioether (sulfide) groups is 1. The Kier molecular flexibility index (Phi) is 4.24. The first-order valence-corrected chi connectivity index (χ1v) is 6.77. The molecule has 0 aliphatic heterocycles. The van der Waals surface area contributed by atoms with Crippen molar-refractivity contribution in [1.82, 2.24) is 5.32 Å². The lowest BCUT2D eigenvalue weighted by atomic mass is 9.95. The third-order valence-corrected chi connectivity index (χ3v) is 4.55. The summed E-state index contributed by atoms with van der Waals surface area (Å²) in [6.45, 7) is 0. The molecule has 88 valence electrons. The van der Waals surface area contributed by atoms with E-state index in [-0.39, 0.29) is 5.82 Å². The second kappa shape index (κ2) is 5.69. The topological polar surface area (TPSA) is 12.0 Å². The molecule has 1 fully saturated rings. The van der Waals surface area contributed by atoms with E-state index in [0.717, 1.165) is 4.90 Å². The highest BCUT2D eigenvalue weighted by molar-refractivity contribution is 8.00. The summed E-state index contributed by atoms with van der Waals surface area (Å²) >= 11 is 1.81. The molecule has 0 radical (unpaired) electrons.